The van der Waals surface area contributed by atoms with Crippen LogP contribution in [0, 0.1) is 0 Å². The maximum atomic E-state index is 12.1. The van der Waals surface area contributed by atoms with Crippen molar-refractivity contribution < 1.29 is 33.7 Å². The number of carbonyl (C=O) groups excluding carboxylic acids is 3. The highest BCUT2D eigenvalue weighted by Crippen LogP contribution is 2.39. The number of hydrogen-bond acceptors (Lipinski definition) is 8. The molecule has 1 aromatic heterocycles. The number of unbranched alkanes of at least 4 members (excludes halogenated alkanes) is 1. The van der Waals surface area contributed by atoms with E-state index < -0.39 is 0 Å². The van der Waals surface area contributed by atoms with Crippen LogP contribution in [0.15, 0.2) is 66.7 Å². The molecular formula is C37H41ClN4O7S. The quantitative estimate of drug-likeness (QED) is 0.0607. The molecule has 7 rings (SSSR count). The van der Waals surface area contributed by atoms with Gasteiger partial charge in [0, 0.05) is 45.6 Å². The highest BCUT2D eigenvalue weighted by Gasteiger charge is 2.42. The van der Waals surface area contributed by atoms with Gasteiger partial charge in [0.1, 0.15) is 30.5 Å². The lowest BCUT2D eigenvalue weighted by atomic mass is 9.93. The number of hydrogen-bond donors (Lipinski definition) is 4. The highest BCUT2D eigenvalue weighted by atomic mass is 35.5. The zero-order valence-electron chi connectivity index (χ0n) is 27.7. The van der Waals surface area contributed by atoms with Crippen molar-refractivity contribution in [2.24, 2.45) is 0 Å². The number of phenols is 1. The lowest BCUT2D eigenvalue weighted by Gasteiger charge is -2.33. The Bertz CT molecular complexity index is 1790. The first kappa shape index (κ1) is 35.3. The van der Waals surface area contributed by atoms with E-state index >= 15 is 0 Å². The molecule has 4 heterocycles. The predicted molar refractivity (Wildman–Crippen MR) is 193 cm³/mol. The van der Waals surface area contributed by atoms with E-state index in [1.165, 1.54) is 0 Å². The van der Waals surface area contributed by atoms with Crippen LogP contribution >= 0.6 is 23.4 Å². The third kappa shape index (κ3) is 8.42. The molecule has 50 heavy (non-hydrogen) atoms. The number of nitrogens with one attached hydrogen (secondary N) is 3. The molecule has 3 aromatic carbocycles. The van der Waals surface area contributed by atoms with Crippen molar-refractivity contribution in [3.8, 4) is 17.2 Å². The average Bonchev–Trinajstić information content (AvgIpc) is 3.81. The van der Waals surface area contributed by atoms with Crippen LogP contribution in [-0.4, -0.2) is 83.4 Å². The summed E-state index contributed by atoms with van der Waals surface area (Å²) in [7, 11) is 1.63. The Kier molecular flexibility index (Phi) is 11.6. The summed E-state index contributed by atoms with van der Waals surface area (Å²) in [5, 5.41) is 18.0. The lowest BCUT2D eigenvalue weighted by Crippen LogP contribution is -2.36. The number of amides is 3. The number of ether oxygens (including phenoxy) is 3. The molecule has 2 saturated heterocycles. The molecular weight excluding hydrogens is 680 g/mol. The first-order valence-corrected chi connectivity index (χ1v) is 18.2. The lowest BCUT2D eigenvalue weighted by molar-refractivity contribution is -0.144. The third-order valence-corrected chi connectivity index (χ3v) is 11.0. The van der Waals surface area contributed by atoms with E-state index in [0.29, 0.717) is 30.4 Å². The van der Waals surface area contributed by atoms with Crippen molar-refractivity contribution in [3.05, 3.63) is 88.6 Å². The Morgan fingerprint density at radius 3 is 2.58 bits per heavy atom. The van der Waals surface area contributed by atoms with Crippen LogP contribution in [0.1, 0.15) is 48.5 Å². The molecule has 3 amide bonds. The Hall–Kier alpha value is -4.55. The number of nitrogens with zero attached hydrogens (tertiary/aromatic N) is 1. The van der Waals surface area contributed by atoms with Crippen LogP contribution in [0.3, 0.4) is 0 Å². The van der Waals surface area contributed by atoms with Gasteiger partial charge < -0.3 is 39.8 Å². The molecule has 3 aliphatic rings. The third-order valence-electron chi connectivity index (χ3n) is 9.20. The van der Waals surface area contributed by atoms with Crippen molar-refractivity contribution in [2.45, 2.75) is 55.5 Å². The van der Waals surface area contributed by atoms with Crippen molar-refractivity contribution in [1.29, 1.82) is 0 Å². The minimum Gasteiger partial charge on any atom is -0.508 e. The molecule has 4 aromatic rings. The maximum Gasteiger partial charge on any atom is 0.315 e. The fraction of sp³-hybridized carbons (Fsp3) is 0.378. The van der Waals surface area contributed by atoms with Crippen LogP contribution in [0.5, 0.6) is 17.2 Å². The standard InChI is InChI=1S/C30H34N4O6S.C7H7ClO/c35-17-34-12-11-21-22-15-19(36)7-10-23(22)31-27(21)29(34)18-5-8-20(9-6-18)39-13-14-40-26(37)4-2-1-3-25-28-24(16-41-25)32-30(38)33-28;1-9-7-4-2-6(8)3-5-7/h5-10,15,17,24-25,28-29,31,36H,1-4,11-14,16H2,(H2,32,33,38);2-5H,1H3. The topological polar surface area (TPSA) is 142 Å². The molecule has 4 N–H and O–H groups in total. The number of halogens is 1. The molecule has 2 fully saturated rings. The molecule has 11 nitrogen and oxygen atoms in total. The van der Waals surface area contributed by atoms with Gasteiger partial charge in [0.25, 0.3) is 0 Å². The zero-order chi connectivity index (χ0) is 35.0. The molecule has 0 spiro atoms. The van der Waals surface area contributed by atoms with E-state index in [9.17, 15) is 19.5 Å². The Morgan fingerprint density at radius 1 is 1.04 bits per heavy atom. The van der Waals surface area contributed by atoms with Crippen LogP contribution in [0.25, 0.3) is 10.9 Å². The fourth-order valence-electron chi connectivity index (χ4n) is 6.73. The number of urea groups is 1. The number of aromatic hydroxyl groups is 1. The predicted octanol–water partition coefficient (Wildman–Crippen LogP) is 5.97. The summed E-state index contributed by atoms with van der Waals surface area (Å²) < 4.78 is 16.0. The first-order chi connectivity index (χ1) is 24.3. The summed E-state index contributed by atoms with van der Waals surface area (Å²) in [5.41, 5.74) is 3.96. The monoisotopic (exact) mass is 720 g/mol. The van der Waals surface area contributed by atoms with Crippen molar-refractivity contribution in [3.63, 3.8) is 0 Å². The van der Waals surface area contributed by atoms with Gasteiger partial charge in [0.15, 0.2) is 0 Å². The van der Waals surface area contributed by atoms with Crippen LogP contribution in [-0.2, 0) is 20.7 Å². The van der Waals surface area contributed by atoms with Gasteiger partial charge in [-0.25, -0.2) is 4.79 Å². The second-order valence-corrected chi connectivity index (χ2v) is 14.1. The largest absolute Gasteiger partial charge is 0.508 e. The molecule has 13 heteroatoms. The first-order valence-electron chi connectivity index (χ1n) is 16.7. The van der Waals surface area contributed by atoms with Gasteiger partial charge in [-0.2, -0.15) is 11.8 Å². The number of aromatic nitrogens is 1. The van der Waals surface area contributed by atoms with Gasteiger partial charge in [-0.3, -0.25) is 9.59 Å². The summed E-state index contributed by atoms with van der Waals surface area (Å²) in [6.07, 6.45) is 4.61. The van der Waals surface area contributed by atoms with E-state index in [-0.39, 0.29) is 49.1 Å². The number of esters is 1. The molecule has 3 aliphatic heterocycles. The molecule has 4 unspecified atom stereocenters. The number of benzene rings is 3. The molecule has 4 atom stereocenters. The summed E-state index contributed by atoms with van der Waals surface area (Å²) in [5.74, 6) is 2.41. The normalized spacial score (nSPS) is 20.5. The fourth-order valence-corrected chi connectivity index (χ4v) is 8.40. The van der Waals surface area contributed by atoms with Gasteiger partial charge in [-0.15, -0.1) is 0 Å². The summed E-state index contributed by atoms with van der Waals surface area (Å²) >= 11 is 7.49. The number of fused-ring (bicyclic) bond motifs is 4. The number of aromatic amines is 1. The summed E-state index contributed by atoms with van der Waals surface area (Å²) in [4.78, 5) is 40.8. The number of rotatable bonds is 12. The SMILES string of the molecule is COc1ccc(Cl)cc1.O=CN1CCc2c([nH]c3ccc(O)cc23)C1c1ccc(OCCOC(=O)CCCCC2SCC3NC(=O)NC32)cc1. The summed E-state index contributed by atoms with van der Waals surface area (Å²) in [6.45, 7) is 1.01. The van der Waals surface area contributed by atoms with Gasteiger partial charge in [-0.1, -0.05) is 30.2 Å². The van der Waals surface area contributed by atoms with Crippen LogP contribution in [0.2, 0.25) is 5.02 Å². The molecule has 0 radical (unpaired) electrons. The maximum absolute atomic E-state index is 12.1. The van der Waals surface area contributed by atoms with E-state index in [2.05, 4.69) is 15.6 Å². The Balaban J connectivity index is 0.000000419. The Morgan fingerprint density at radius 2 is 1.82 bits per heavy atom. The summed E-state index contributed by atoms with van der Waals surface area (Å²) in [6, 6.07) is 20.2. The number of phenolic OH excluding ortho intramolecular Hbond substituents is 1. The van der Waals surface area contributed by atoms with Crippen molar-refractivity contribution in [2.75, 3.05) is 32.6 Å². The molecule has 0 saturated carbocycles. The van der Waals surface area contributed by atoms with Crippen LogP contribution in [0.4, 0.5) is 4.79 Å². The van der Waals surface area contributed by atoms with Crippen LogP contribution < -0.4 is 20.1 Å². The number of methoxy groups -OCH3 is 1. The number of carbonyl (C=O) groups is 3. The minimum absolute atomic E-state index is 0.0766. The van der Waals surface area contributed by atoms with Gasteiger partial charge >= 0.3 is 12.0 Å². The molecule has 264 valence electrons. The molecule has 0 bridgehead atoms. The Labute approximate surface area is 300 Å². The second-order valence-electron chi connectivity index (χ2n) is 12.4. The van der Waals surface area contributed by atoms with Gasteiger partial charge in [0.05, 0.1) is 25.2 Å². The van der Waals surface area contributed by atoms with Crippen molar-refractivity contribution >= 4 is 52.7 Å². The highest BCUT2D eigenvalue weighted by molar-refractivity contribution is 8.00. The van der Waals surface area contributed by atoms with E-state index in [1.807, 2.05) is 54.2 Å². The zero-order valence-corrected chi connectivity index (χ0v) is 29.3. The second kappa shape index (κ2) is 16.4. The smallest absolute Gasteiger partial charge is 0.315 e. The van der Waals surface area contributed by atoms with E-state index in [1.54, 1.807) is 36.3 Å². The minimum atomic E-state index is -0.261. The van der Waals surface area contributed by atoms with E-state index in [0.717, 1.165) is 69.9 Å². The van der Waals surface area contributed by atoms with E-state index in [4.69, 9.17) is 25.8 Å². The number of H-pyrrole nitrogens is 1. The van der Waals surface area contributed by atoms with Gasteiger partial charge in [0.2, 0.25) is 6.41 Å². The molecule has 0 aliphatic carbocycles. The van der Waals surface area contributed by atoms with Gasteiger partial charge in [-0.05, 0) is 85.0 Å². The number of thioether (sulfide) groups is 1. The average molecular weight is 721 g/mol. The van der Waals surface area contributed by atoms with Crippen molar-refractivity contribution in [1.82, 2.24) is 20.5 Å².